The number of aliphatic hydroxyl groups is 1. The summed E-state index contributed by atoms with van der Waals surface area (Å²) in [5, 5.41) is 9.77. The number of rotatable bonds is 16. The number of aliphatic hydroxyl groups excluding tert-OH is 1. The van der Waals surface area contributed by atoms with Crippen molar-refractivity contribution in [2.45, 2.75) is 72.1 Å². The van der Waals surface area contributed by atoms with Crippen LogP contribution in [0, 0.1) is 0 Å². The van der Waals surface area contributed by atoms with Crippen molar-refractivity contribution in [1.29, 1.82) is 0 Å². The monoisotopic (exact) mass is 389 g/mol. The molecule has 1 aromatic rings. The minimum absolute atomic E-state index is 0.155. The molecule has 1 aromatic carbocycles. The molecule has 0 bridgehead atoms. The SMILES string of the molecule is CCCCC(O)=CC(=O)c1ccc(OCCCN(CCCC)CCCC)cc1. The van der Waals surface area contributed by atoms with Gasteiger partial charge in [-0.25, -0.2) is 0 Å². The highest BCUT2D eigenvalue weighted by atomic mass is 16.5. The van der Waals surface area contributed by atoms with Gasteiger partial charge in [-0.2, -0.15) is 0 Å². The fourth-order valence-electron chi connectivity index (χ4n) is 2.96. The summed E-state index contributed by atoms with van der Waals surface area (Å²) in [7, 11) is 0. The van der Waals surface area contributed by atoms with Gasteiger partial charge in [-0.05, 0) is 63.0 Å². The zero-order valence-corrected chi connectivity index (χ0v) is 18.1. The van der Waals surface area contributed by atoms with Crippen LogP contribution in [0.2, 0.25) is 0 Å². The molecular weight excluding hydrogens is 350 g/mol. The van der Waals surface area contributed by atoms with Crippen molar-refractivity contribution >= 4 is 5.78 Å². The Labute approximate surface area is 171 Å². The van der Waals surface area contributed by atoms with E-state index < -0.39 is 0 Å². The van der Waals surface area contributed by atoms with E-state index in [9.17, 15) is 9.90 Å². The second-order valence-electron chi connectivity index (χ2n) is 7.38. The van der Waals surface area contributed by atoms with Crippen LogP contribution < -0.4 is 4.74 Å². The van der Waals surface area contributed by atoms with Crippen LogP contribution in [-0.2, 0) is 0 Å². The first-order valence-corrected chi connectivity index (χ1v) is 11.0. The Hall–Kier alpha value is -1.81. The molecule has 0 fully saturated rings. The Kier molecular flexibility index (Phi) is 13.1. The van der Waals surface area contributed by atoms with Crippen molar-refractivity contribution in [3.05, 3.63) is 41.7 Å². The number of hydrogen-bond acceptors (Lipinski definition) is 4. The Bertz CT molecular complexity index is 558. The lowest BCUT2D eigenvalue weighted by Gasteiger charge is -2.21. The minimum Gasteiger partial charge on any atom is -0.512 e. The highest BCUT2D eigenvalue weighted by Gasteiger charge is 2.06. The van der Waals surface area contributed by atoms with Crippen LogP contribution >= 0.6 is 0 Å². The molecule has 0 spiro atoms. The van der Waals surface area contributed by atoms with Crippen LogP contribution in [0.1, 0.15) is 82.5 Å². The molecule has 0 aromatic heterocycles. The third kappa shape index (κ3) is 10.5. The normalized spacial score (nSPS) is 11.8. The van der Waals surface area contributed by atoms with Crippen molar-refractivity contribution in [3.8, 4) is 5.75 Å². The molecule has 28 heavy (non-hydrogen) atoms. The first-order valence-electron chi connectivity index (χ1n) is 11.0. The van der Waals surface area contributed by atoms with Gasteiger partial charge in [-0.3, -0.25) is 4.79 Å². The molecule has 0 saturated carbocycles. The van der Waals surface area contributed by atoms with Crippen LogP contribution in [0.4, 0.5) is 0 Å². The van der Waals surface area contributed by atoms with Gasteiger partial charge in [-0.1, -0.05) is 40.0 Å². The molecule has 0 atom stereocenters. The summed E-state index contributed by atoms with van der Waals surface area (Å²) in [5.74, 6) is 0.773. The molecule has 0 aliphatic rings. The third-order valence-electron chi connectivity index (χ3n) is 4.77. The van der Waals surface area contributed by atoms with E-state index in [2.05, 4.69) is 25.7 Å². The largest absolute Gasteiger partial charge is 0.512 e. The highest BCUT2D eigenvalue weighted by molar-refractivity contribution is 6.04. The quantitative estimate of drug-likeness (QED) is 0.159. The fourth-order valence-corrected chi connectivity index (χ4v) is 2.96. The summed E-state index contributed by atoms with van der Waals surface area (Å²) < 4.78 is 5.83. The maximum Gasteiger partial charge on any atom is 0.189 e. The zero-order valence-electron chi connectivity index (χ0n) is 18.1. The zero-order chi connectivity index (χ0) is 20.6. The number of nitrogens with zero attached hydrogens (tertiary/aromatic N) is 1. The minimum atomic E-state index is -0.164. The van der Waals surface area contributed by atoms with E-state index in [1.807, 2.05) is 12.1 Å². The Balaban J connectivity index is 2.40. The van der Waals surface area contributed by atoms with E-state index >= 15 is 0 Å². The molecule has 1 rings (SSSR count). The van der Waals surface area contributed by atoms with E-state index in [1.165, 1.54) is 44.8 Å². The van der Waals surface area contributed by atoms with Crippen LogP contribution in [0.25, 0.3) is 0 Å². The van der Waals surface area contributed by atoms with Crippen LogP contribution in [0.15, 0.2) is 36.1 Å². The van der Waals surface area contributed by atoms with Crippen molar-refractivity contribution in [2.24, 2.45) is 0 Å². The van der Waals surface area contributed by atoms with Crippen LogP contribution in [0.5, 0.6) is 5.75 Å². The molecule has 4 heteroatoms. The summed E-state index contributed by atoms with van der Waals surface area (Å²) in [6.45, 7) is 10.6. The number of ether oxygens (including phenoxy) is 1. The molecule has 0 saturated heterocycles. The van der Waals surface area contributed by atoms with E-state index in [-0.39, 0.29) is 11.5 Å². The number of allylic oxidation sites excluding steroid dienone is 2. The molecule has 4 nitrogen and oxygen atoms in total. The molecule has 1 N–H and O–H groups in total. The Morgan fingerprint density at radius 3 is 2.07 bits per heavy atom. The number of benzene rings is 1. The summed E-state index contributed by atoms with van der Waals surface area (Å²) >= 11 is 0. The molecule has 0 heterocycles. The predicted molar refractivity (Wildman–Crippen MR) is 117 cm³/mol. The maximum atomic E-state index is 12.2. The van der Waals surface area contributed by atoms with Gasteiger partial charge in [0.1, 0.15) is 5.75 Å². The summed E-state index contributed by atoms with van der Waals surface area (Å²) in [6.07, 6.45) is 9.73. The van der Waals surface area contributed by atoms with Crippen molar-refractivity contribution in [3.63, 3.8) is 0 Å². The summed E-state index contributed by atoms with van der Waals surface area (Å²) in [6, 6.07) is 7.18. The number of ketones is 1. The summed E-state index contributed by atoms with van der Waals surface area (Å²) in [5.41, 5.74) is 0.570. The molecule has 0 radical (unpaired) electrons. The topological polar surface area (TPSA) is 49.8 Å². The van der Waals surface area contributed by atoms with Gasteiger partial charge in [0.25, 0.3) is 0 Å². The average molecular weight is 390 g/mol. The smallest absolute Gasteiger partial charge is 0.189 e. The fraction of sp³-hybridized carbons (Fsp3) is 0.625. The molecular formula is C24H39NO3. The lowest BCUT2D eigenvalue weighted by atomic mass is 10.1. The van der Waals surface area contributed by atoms with E-state index in [4.69, 9.17) is 4.74 Å². The molecule has 158 valence electrons. The second-order valence-corrected chi connectivity index (χ2v) is 7.38. The summed E-state index contributed by atoms with van der Waals surface area (Å²) in [4.78, 5) is 14.7. The Morgan fingerprint density at radius 2 is 1.50 bits per heavy atom. The number of carbonyl (C=O) groups excluding carboxylic acids is 1. The van der Waals surface area contributed by atoms with Crippen molar-refractivity contribution in [2.75, 3.05) is 26.2 Å². The van der Waals surface area contributed by atoms with Gasteiger partial charge < -0.3 is 14.7 Å². The van der Waals surface area contributed by atoms with Gasteiger partial charge in [0, 0.05) is 24.6 Å². The molecule has 0 amide bonds. The molecule has 0 aliphatic carbocycles. The van der Waals surface area contributed by atoms with Crippen molar-refractivity contribution < 1.29 is 14.6 Å². The van der Waals surface area contributed by atoms with Gasteiger partial charge >= 0.3 is 0 Å². The van der Waals surface area contributed by atoms with Gasteiger partial charge in [0.2, 0.25) is 0 Å². The number of unbranched alkanes of at least 4 members (excludes halogenated alkanes) is 3. The first kappa shape index (κ1) is 24.2. The number of hydrogen-bond donors (Lipinski definition) is 1. The van der Waals surface area contributed by atoms with Crippen molar-refractivity contribution in [1.82, 2.24) is 4.90 Å². The number of carbonyl (C=O) groups is 1. The molecule has 0 aliphatic heterocycles. The van der Waals surface area contributed by atoms with Gasteiger partial charge in [0.15, 0.2) is 5.78 Å². The highest BCUT2D eigenvalue weighted by Crippen LogP contribution is 2.14. The second kappa shape index (κ2) is 15.2. The first-order chi connectivity index (χ1) is 13.6. The average Bonchev–Trinajstić information content (AvgIpc) is 2.71. The third-order valence-corrected chi connectivity index (χ3v) is 4.77. The van der Waals surface area contributed by atoms with E-state index in [0.717, 1.165) is 31.6 Å². The predicted octanol–water partition coefficient (Wildman–Crippen LogP) is 6.17. The molecule has 0 unspecified atom stereocenters. The van der Waals surface area contributed by atoms with Gasteiger partial charge in [-0.15, -0.1) is 0 Å². The van der Waals surface area contributed by atoms with Crippen LogP contribution in [0.3, 0.4) is 0 Å². The van der Waals surface area contributed by atoms with E-state index in [1.54, 1.807) is 12.1 Å². The lowest BCUT2D eigenvalue weighted by Crippen LogP contribution is -2.28. The van der Waals surface area contributed by atoms with Gasteiger partial charge in [0.05, 0.1) is 12.4 Å². The lowest BCUT2D eigenvalue weighted by molar-refractivity contribution is 0.104. The van der Waals surface area contributed by atoms with Crippen LogP contribution in [-0.4, -0.2) is 42.0 Å². The maximum absolute atomic E-state index is 12.2. The Morgan fingerprint density at radius 1 is 0.929 bits per heavy atom. The standard InChI is InChI=1S/C24H39NO3/c1-4-7-11-22(26)20-24(27)21-12-14-23(15-13-21)28-19-10-18-25(16-8-5-2)17-9-6-3/h12-15,20,26H,4-11,16-19H2,1-3H3. The van der Waals surface area contributed by atoms with E-state index in [0.29, 0.717) is 18.6 Å².